The molecule has 30 heavy (non-hydrogen) atoms. The molecule has 1 aliphatic heterocycles. The maximum absolute atomic E-state index is 12.6. The van der Waals surface area contributed by atoms with E-state index < -0.39 is 11.9 Å². The van der Waals surface area contributed by atoms with Crippen LogP contribution in [0.1, 0.15) is 50.5 Å². The van der Waals surface area contributed by atoms with Gasteiger partial charge in [0.1, 0.15) is 12.3 Å². The topological polar surface area (TPSA) is 102 Å². The van der Waals surface area contributed by atoms with Gasteiger partial charge in [-0.3, -0.25) is 24.1 Å². The van der Waals surface area contributed by atoms with Crippen LogP contribution >= 0.6 is 0 Å². The first-order valence-electron chi connectivity index (χ1n) is 9.41. The van der Waals surface area contributed by atoms with Crippen molar-refractivity contribution in [3.05, 3.63) is 64.7 Å². The molecule has 0 aliphatic carbocycles. The van der Waals surface area contributed by atoms with Gasteiger partial charge in [-0.1, -0.05) is 18.2 Å². The third kappa shape index (κ3) is 4.32. The Morgan fingerprint density at radius 2 is 1.67 bits per heavy atom. The summed E-state index contributed by atoms with van der Waals surface area (Å²) in [7, 11) is 1.42. The van der Waals surface area contributed by atoms with Crippen LogP contribution in [0.15, 0.2) is 42.5 Å². The van der Waals surface area contributed by atoms with Gasteiger partial charge in [0, 0.05) is 0 Å². The largest absolute Gasteiger partial charge is 0.496 e. The molecular weight excluding hydrogens is 388 g/mol. The van der Waals surface area contributed by atoms with E-state index in [2.05, 4.69) is 5.32 Å². The Morgan fingerprint density at radius 1 is 1.03 bits per heavy atom. The van der Waals surface area contributed by atoms with E-state index in [1.54, 1.807) is 50.2 Å². The van der Waals surface area contributed by atoms with Crippen LogP contribution in [-0.2, 0) is 16.1 Å². The number of nitrogens with zero attached hydrogens (tertiary/aromatic N) is 1. The highest BCUT2D eigenvalue weighted by molar-refractivity contribution is 6.21. The SMILES string of the molecule is COc1ccc(CN2C(=O)c3ccccc3C2=O)cc1C(=O)NCC(=O)OC(C)C. The van der Waals surface area contributed by atoms with Gasteiger partial charge in [0.15, 0.2) is 0 Å². The van der Waals surface area contributed by atoms with E-state index in [-0.39, 0.29) is 36.6 Å². The zero-order chi connectivity index (χ0) is 21.8. The summed E-state index contributed by atoms with van der Waals surface area (Å²) in [5.74, 6) is -1.55. The number of nitrogens with one attached hydrogen (secondary N) is 1. The number of hydrogen-bond donors (Lipinski definition) is 1. The van der Waals surface area contributed by atoms with Crippen LogP contribution in [-0.4, -0.2) is 48.3 Å². The Morgan fingerprint density at radius 3 is 2.23 bits per heavy atom. The molecular formula is C22H22N2O6. The lowest BCUT2D eigenvalue weighted by molar-refractivity contribution is -0.146. The molecule has 0 saturated heterocycles. The van der Waals surface area contributed by atoms with Gasteiger partial charge in [-0.15, -0.1) is 0 Å². The number of hydrogen-bond acceptors (Lipinski definition) is 6. The van der Waals surface area contributed by atoms with Crippen molar-refractivity contribution >= 4 is 23.7 Å². The van der Waals surface area contributed by atoms with Crippen LogP contribution in [0.4, 0.5) is 0 Å². The van der Waals surface area contributed by atoms with Gasteiger partial charge in [-0.05, 0) is 43.7 Å². The van der Waals surface area contributed by atoms with Crippen LogP contribution < -0.4 is 10.1 Å². The maximum Gasteiger partial charge on any atom is 0.325 e. The first-order valence-corrected chi connectivity index (χ1v) is 9.41. The van der Waals surface area contributed by atoms with Crippen molar-refractivity contribution in [1.29, 1.82) is 0 Å². The highest BCUT2D eigenvalue weighted by Crippen LogP contribution is 2.26. The van der Waals surface area contributed by atoms with Crippen molar-refractivity contribution in [2.24, 2.45) is 0 Å². The van der Waals surface area contributed by atoms with Gasteiger partial charge in [-0.2, -0.15) is 0 Å². The molecule has 0 radical (unpaired) electrons. The van der Waals surface area contributed by atoms with Gasteiger partial charge >= 0.3 is 5.97 Å². The van der Waals surface area contributed by atoms with Gasteiger partial charge in [0.05, 0.1) is 36.4 Å². The number of esters is 1. The lowest BCUT2D eigenvalue weighted by atomic mass is 10.1. The van der Waals surface area contributed by atoms with Crippen molar-refractivity contribution in [3.8, 4) is 5.75 Å². The molecule has 3 amide bonds. The average molecular weight is 410 g/mol. The fourth-order valence-corrected chi connectivity index (χ4v) is 3.15. The Kier molecular flexibility index (Phi) is 6.15. The third-order valence-corrected chi connectivity index (χ3v) is 4.49. The number of imide groups is 1. The first kappa shape index (κ1) is 21.0. The predicted molar refractivity (Wildman–Crippen MR) is 107 cm³/mol. The average Bonchev–Trinajstić information content (AvgIpc) is 2.96. The summed E-state index contributed by atoms with van der Waals surface area (Å²) in [4.78, 5) is 50.5. The Labute approximate surface area is 173 Å². The maximum atomic E-state index is 12.6. The molecule has 1 aliphatic rings. The summed E-state index contributed by atoms with van der Waals surface area (Å²) >= 11 is 0. The fourth-order valence-electron chi connectivity index (χ4n) is 3.15. The first-order chi connectivity index (χ1) is 14.3. The molecule has 2 aromatic carbocycles. The minimum Gasteiger partial charge on any atom is -0.496 e. The summed E-state index contributed by atoms with van der Waals surface area (Å²) in [6.07, 6.45) is -0.285. The van der Waals surface area contributed by atoms with Gasteiger partial charge in [0.25, 0.3) is 17.7 Å². The second-order valence-electron chi connectivity index (χ2n) is 7.00. The summed E-state index contributed by atoms with van der Waals surface area (Å²) < 4.78 is 10.2. The van der Waals surface area contributed by atoms with E-state index in [4.69, 9.17) is 9.47 Å². The van der Waals surface area contributed by atoms with E-state index in [9.17, 15) is 19.2 Å². The minimum atomic E-state index is -0.556. The third-order valence-electron chi connectivity index (χ3n) is 4.49. The molecule has 0 atom stereocenters. The zero-order valence-corrected chi connectivity index (χ0v) is 16.9. The van der Waals surface area contributed by atoms with E-state index in [0.29, 0.717) is 22.4 Å². The number of amides is 3. The van der Waals surface area contributed by atoms with Crippen LogP contribution in [0.25, 0.3) is 0 Å². The molecule has 1 heterocycles. The Balaban J connectivity index is 1.76. The van der Waals surface area contributed by atoms with Gasteiger partial charge in [0.2, 0.25) is 0 Å². The quantitative estimate of drug-likeness (QED) is 0.554. The van der Waals surface area contributed by atoms with Crippen LogP contribution in [0.3, 0.4) is 0 Å². The standard InChI is InChI=1S/C22H22N2O6/c1-13(2)30-19(25)11-23-20(26)17-10-14(8-9-18(17)29-3)12-24-21(27)15-6-4-5-7-16(15)22(24)28/h4-10,13H,11-12H2,1-3H3,(H,23,26). The number of carbonyl (C=O) groups is 4. The highest BCUT2D eigenvalue weighted by atomic mass is 16.5. The van der Waals surface area contributed by atoms with Crippen LogP contribution in [0.5, 0.6) is 5.75 Å². The van der Waals surface area contributed by atoms with E-state index >= 15 is 0 Å². The van der Waals surface area contributed by atoms with Crippen molar-refractivity contribution < 1.29 is 28.7 Å². The number of carbonyl (C=O) groups excluding carboxylic acids is 4. The van der Waals surface area contributed by atoms with E-state index in [0.717, 1.165) is 4.90 Å². The second-order valence-corrected chi connectivity index (χ2v) is 7.00. The fraction of sp³-hybridized carbons (Fsp3) is 0.273. The lowest BCUT2D eigenvalue weighted by Gasteiger charge is -2.16. The van der Waals surface area contributed by atoms with Crippen molar-refractivity contribution in [3.63, 3.8) is 0 Å². The van der Waals surface area contributed by atoms with Crippen molar-refractivity contribution in [2.75, 3.05) is 13.7 Å². The molecule has 0 aromatic heterocycles. The zero-order valence-electron chi connectivity index (χ0n) is 16.9. The highest BCUT2D eigenvalue weighted by Gasteiger charge is 2.35. The Bertz CT molecular complexity index is 979. The normalized spacial score (nSPS) is 12.7. The smallest absolute Gasteiger partial charge is 0.325 e. The molecule has 1 N–H and O–H groups in total. The van der Waals surface area contributed by atoms with Gasteiger partial charge in [-0.25, -0.2) is 0 Å². The molecule has 8 nitrogen and oxygen atoms in total. The minimum absolute atomic E-state index is 0.00596. The molecule has 156 valence electrons. The second kappa shape index (κ2) is 8.77. The van der Waals surface area contributed by atoms with Gasteiger partial charge < -0.3 is 14.8 Å². The predicted octanol–water partition coefficient (Wildman–Crippen LogP) is 2.17. The number of ether oxygens (including phenoxy) is 2. The molecule has 0 unspecified atom stereocenters. The number of methoxy groups -OCH3 is 1. The number of fused-ring (bicyclic) bond motifs is 1. The van der Waals surface area contributed by atoms with E-state index in [1.807, 2.05) is 0 Å². The summed E-state index contributed by atoms with van der Waals surface area (Å²) in [6, 6.07) is 11.4. The van der Waals surface area contributed by atoms with Crippen molar-refractivity contribution in [1.82, 2.24) is 10.2 Å². The van der Waals surface area contributed by atoms with Crippen LogP contribution in [0.2, 0.25) is 0 Å². The van der Waals surface area contributed by atoms with E-state index in [1.165, 1.54) is 13.2 Å². The lowest BCUT2D eigenvalue weighted by Crippen LogP contribution is -2.32. The number of benzene rings is 2. The summed E-state index contributed by atoms with van der Waals surface area (Å²) in [5.41, 5.74) is 1.47. The molecule has 0 saturated carbocycles. The molecule has 8 heteroatoms. The van der Waals surface area contributed by atoms with Crippen molar-refractivity contribution in [2.45, 2.75) is 26.5 Å². The molecule has 2 aromatic rings. The monoisotopic (exact) mass is 410 g/mol. The molecule has 0 fully saturated rings. The molecule has 0 spiro atoms. The number of rotatable bonds is 7. The summed E-state index contributed by atoms with van der Waals surface area (Å²) in [5, 5.41) is 2.49. The Hall–Kier alpha value is -3.68. The molecule has 3 rings (SSSR count). The van der Waals surface area contributed by atoms with Crippen LogP contribution in [0, 0.1) is 0 Å². The summed E-state index contributed by atoms with van der Waals surface area (Å²) in [6.45, 7) is 3.14. The molecule has 0 bridgehead atoms.